The van der Waals surface area contributed by atoms with Crippen molar-refractivity contribution in [3.63, 3.8) is 0 Å². The minimum absolute atomic E-state index is 0.114. The summed E-state index contributed by atoms with van der Waals surface area (Å²) in [6, 6.07) is 16.2. The summed E-state index contributed by atoms with van der Waals surface area (Å²) in [4.78, 5) is 25.2. The first-order valence-corrected chi connectivity index (χ1v) is 9.30. The molecule has 3 rings (SSSR count). The van der Waals surface area contributed by atoms with E-state index in [1.54, 1.807) is 12.1 Å². The number of nitro groups is 1. The highest BCUT2D eigenvalue weighted by Crippen LogP contribution is 2.33. The maximum Gasteiger partial charge on any atom is 0.327 e. The van der Waals surface area contributed by atoms with Crippen LogP contribution >= 0.6 is 0 Å². The van der Waals surface area contributed by atoms with E-state index in [4.69, 9.17) is 4.74 Å². The topological polar surface area (TPSA) is 72.7 Å². The Hall–Kier alpha value is -2.73. The number of esters is 1. The van der Waals surface area contributed by atoms with Gasteiger partial charge in [0.2, 0.25) is 0 Å². The average Bonchev–Trinajstić information content (AvgIpc) is 2.70. The first kappa shape index (κ1) is 19.0. The molecular formula is C21H24N2O4. The van der Waals surface area contributed by atoms with Crippen LogP contribution in [-0.2, 0) is 9.53 Å². The van der Waals surface area contributed by atoms with Gasteiger partial charge in [-0.3, -0.25) is 15.0 Å². The van der Waals surface area contributed by atoms with Gasteiger partial charge in [-0.1, -0.05) is 42.5 Å². The van der Waals surface area contributed by atoms with Crippen molar-refractivity contribution in [2.75, 3.05) is 19.7 Å². The van der Waals surface area contributed by atoms with Crippen molar-refractivity contribution in [3.8, 4) is 0 Å². The van der Waals surface area contributed by atoms with E-state index < -0.39 is 0 Å². The number of carbonyl (C=O) groups is 1. The summed E-state index contributed by atoms with van der Waals surface area (Å²) in [5, 5.41) is 10.8. The normalized spacial score (nSPS) is 16.6. The number of non-ortho nitro benzene ring substituents is 1. The highest BCUT2D eigenvalue weighted by Gasteiger charge is 2.32. The van der Waals surface area contributed by atoms with Crippen LogP contribution in [0.5, 0.6) is 0 Å². The molecule has 0 aromatic heterocycles. The highest BCUT2D eigenvalue weighted by molar-refractivity contribution is 5.77. The number of carbonyl (C=O) groups excluding carboxylic acids is 1. The van der Waals surface area contributed by atoms with Gasteiger partial charge in [0.05, 0.1) is 11.5 Å². The van der Waals surface area contributed by atoms with E-state index in [1.807, 2.05) is 49.4 Å². The lowest BCUT2D eigenvalue weighted by Crippen LogP contribution is -2.40. The molecule has 1 heterocycles. The van der Waals surface area contributed by atoms with Gasteiger partial charge in [-0.25, -0.2) is 4.79 Å². The van der Waals surface area contributed by atoms with Crippen LogP contribution < -0.4 is 0 Å². The zero-order valence-corrected chi connectivity index (χ0v) is 15.4. The van der Waals surface area contributed by atoms with Crippen LogP contribution in [-0.4, -0.2) is 35.5 Å². The molecule has 0 amide bonds. The van der Waals surface area contributed by atoms with E-state index >= 15 is 0 Å². The number of benzene rings is 2. The fourth-order valence-electron chi connectivity index (χ4n) is 3.71. The smallest absolute Gasteiger partial charge is 0.327 e. The van der Waals surface area contributed by atoms with Crippen LogP contribution in [0.15, 0.2) is 54.6 Å². The standard InChI is InChI=1S/C21H24N2O4/c1-2-27-21(24)20(18-6-4-3-5-7-18)22-14-12-17(13-15-22)16-8-10-19(11-9-16)23(25)26/h3-11,17,20H,2,12-15H2,1H3. The largest absolute Gasteiger partial charge is 0.465 e. The molecule has 142 valence electrons. The minimum Gasteiger partial charge on any atom is -0.465 e. The van der Waals surface area contributed by atoms with E-state index in [0.29, 0.717) is 12.5 Å². The van der Waals surface area contributed by atoms with E-state index in [2.05, 4.69) is 4.90 Å². The van der Waals surface area contributed by atoms with Gasteiger partial charge in [0, 0.05) is 12.1 Å². The lowest BCUT2D eigenvalue weighted by atomic mass is 9.88. The monoisotopic (exact) mass is 368 g/mol. The average molecular weight is 368 g/mol. The van der Waals surface area contributed by atoms with Gasteiger partial charge in [-0.2, -0.15) is 0 Å². The molecular weight excluding hydrogens is 344 g/mol. The van der Waals surface area contributed by atoms with Crippen LogP contribution in [0, 0.1) is 10.1 Å². The molecule has 0 N–H and O–H groups in total. The van der Waals surface area contributed by atoms with Crippen LogP contribution in [0.2, 0.25) is 0 Å². The summed E-state index contributed by atoms with van der Waals surface area (Å²) in [5.41, 5.74) is 2.18. The Morgan fingerprint density at radius 1 is 1.15 bits per heavy atom. The fourth-order valence-corrected chi connectivity index (χ4v) is 3.71. The predicted octanol–water partition coefficient (Wildman–Crippen LogP) is 4.08. The highest BCUT2D eigenvalue weighted by atomic mass is 16.6. The number of likely N-dealkylation sites (tertiary alicyclic amines) is 1. The lowest BCUT2D eigenvalue weighted by Gasteiger charge is -2.36. The van der Waals surface area contributed by atoms with Gasteiger partial charge in [0.1, 0.15) is 6.04 Å². The number of nitrogens with zero attached hydrogens (tertiary/aromatic N) is 2. The van der Waals surface area contributed by atoms with E-state index in [-0.39, 0.29) is 22.6 Å². The number of piperidine rings is 1. The quantitative estimate of drug-likeness (QED) is 0.436. The van der Waals surface area contributed by atoms with E-state index in [9.17, 15) is 14.9 Å². The third kappa shape index (κ3) is 4.52. The van der Waals surface area contributed by atoms with Gasteiger partial charge in [-0.15, -0.1) is 0 Å². The van der Waals surface area contributed by atoms with Crippen molar-refractivity contribution in [1.82, 2.24) is 4.90 Å². The summed E-state index contributed by atoms with van der Waals surface area (Å²) >= 11 is 0. The Bertz CT molecular complexity index is 769. The zero-order valence-electron chi connectivity index (χ0n) is 15.4. The van der Waals surface area contributed by atoms with Crippen LogP contribution in [0.1, 0.15) is 42.9 Å². The van der Waals surface area contributed by atoms with Crippen molar-refractivity contribution in [3.05, 3.63) is 75.8 Å². The Morgan fingerprint density at radius 2 is 1.78 bits per heavy atom. The first-order chi connectivity index (χ1) is 13.1. The second kappa shape index (κ2) is 8.77. The molecule has 6 nitrogen and oxygen atoms in total. The molecule has 2 aromatic rings. The second-order valence-corrected chi connectivity index (χ2v) is 6.72. The fraction of sp³-hybridized carbons (Fsp3) is 0.381. The third-order valence-corrected chi connectivity index (χ3v) is 5.10. The summed E-state index contributed by atoms with van der Waals surface area (Å²) in [6.07, 6.45) is 1.81. The van der Waals surface area contributed by atoms with Crippen LogP contribution in [0.25, 0.3) is 0 Å². The van der Waals surface area contributed by atoms with Gasteiger partial charge >= 0.3 is 5.97 Å². The minimum atomic E-state index is -0.385. The lowest BCUT2D eigenvalue weighted by molar-refractivity contribution is -0.384. The van der Waals surface area contributed by atoms with Crippen molar-refractivity contribution < 1.29 is 14.5 Å². The molecule has 0 saturated carbocycles. The molecule has 1 unspecified atom stereocenters. The van der Waals surface area contributed by atoms with Crippen LogP contribution in [0.4, 0.5) is 5.69 Å². The molecule has 1 fully saturated rings. The maximum absolute atomic E-state index is 12.6. The summed E-state index contributed by atoms with van der Waals surface area (Å²) < 4.78 is 5.31. The number of hydrogen-bond donors (Lipinski definition) is 0. The zero-order chi connectivity index (χ0) is 19.2. The van der Waals surface area contributed by atoms with Gasteiger partial charge in [0.25, 0.3) is 5.69 Å². The van der Waals surface area contributed by atoms with Crippen LogP contribution in [0.3, 0.4) is 0 Å². The SMILES string of the molecule is CCOC(=O)C(c1ccccc1)N1CCC(c2ccc([N+](=O)[O-])cc2)CC1. The Balaban J connectivity index is 1.70. The molecule has 1 aliphatic heterocycles. The van der Waals surface area contributed by atoms with Crippen molar-refractivity contribution in [2.24, 2.45) is 0 Å². The molecule has 2 aromatic carbocycles. The molecule has 0 aliphatic carbocycles. The summed E-state index contributed by atoms with van der Waals surface area (Å²) in [5.74, 6) is 0.137. The van der Waals surface area contributed by atoms with Gasteiger partial charge < -0.3 is 4.74 Å². The summed E-state index contributed by atoms with van der Waals surface area (Å²) in [6.45, 7) is 3.74. The van der Waals surface area contributed by atoms with Crippen molar-refractivity contribution in [2.45, 2.75) is 31.7 Å². The first-order valence-electron chi connectivity index (χ1n) is 9.30. The summed E-state index contributed by atoms with van der Waals surface area (Å²) in [7, 11) is 0. The molecule has 1 saturated heterocycles. The third-order valence-electron chi connectivity index (χ3n) is 5.10. The second-order valence-electron chi connectivity index (χ2n) is 6.72. The molecule has 6 heteroatoms. The van der Waals surface area contributed by atoms with E-state index in [1.165, 1.54) is 0 Å². The molecule has 0 radical (unpaired) electrons. The molecule has 0 spiro atoms. The Labute approximate surface area is 158 Å². The molecule has 1 atom stereocenters. The van der Waals surface area contributed by atoms with Gasteiger partial charge in [0.15, 0.2) is 0 Å². The maximum atomic E-state index is 12.6. The molecule has 0 bridgehead atoms. The predicted molar refractivity (Wildman–Crippen MR) is 102 cm³/mol. The Kier molecular flexibility index (Phi) is 6.19. The van der Waals surface area contributed by atoms with Crippen molar-refractivity contribution >= 4 is 11.7 Å². The Morgan fingerprint density at radius 3 is 2.33 bits per heavy atom. The number of nitro benzene ring substituents is 1. The molecule has 1 aliphatic rings. The molecule has 27 heavy (non-hydrogen) atoms. The van der Waals surface area contributed by atoms with E-state index in [0.717, 1.165) is 37.1 Å². The number of ether oxygens (including phenoxy) is 1. The number of hydrogen-bond acceptors (Lipinski definition) is 5. The van der Waals surface area contributed by atoms with Crippen molar-refractivity contribution in [1.29, 1.82) is 0 Å². The number of rotatable bonds is 6. The van der Waals surface area contributed by atoms with Gasteiger partial charge in [-0.05, 0) is 49.9 Å².